The lowest BCUT2D eigenvalue weighted by Crippen LogP contribution is -2.17. The minimum absolute atomic E-state index is 0.557. The third kappa shape index (κ3) is 2.13. The summed E-state index contributed by atoms with van der Waals surface area (Å²) in [4.78, 5) is 0. The average molecular weight is 243 g/mol. The van der Waals surface area contributed by atoms with Crippen molar-refractivity contribution in [1.82, 2.24) is 14.8 Å². The maximum atomic E-state index is 5.28. The van der Waals surface area contributed by atoms with Gasteiger partial charge in [-0.2, -0.15) is 16.9 Å². The van der Waals surface area contributed by atoms with Crippen LogP contribution in [0.3, 0.4) is 0 Å². The number of aromatic amines is 1. The Morgan fingerprint density at radius 2 is 2.40 bits per heavy atom. The molecule has 84 valence electrons. The Morgan fingerprint density at radius 3 is 3.00 bits per heavy atom. The van der Waals surface area contributed by atoms with Crippen molar-refractivity contribution < 1.29 is 0 Å². The molecule has 1 heterocycles. The van der Waals surface area contributed by atoms with Crippen LogP contribution in [0.2, 0.25) is 0 Å². The van der Waals surface area contributed by atoms with E-state index in [0.717, 1.165) is 15.8 Å². The molecular formula is C10H17N3S2. The van der Waals surface area contributed by atoms with Crippen LogP contribution in [0.5, 0.6) is 0 Å². The second kappa shape index (κ2) is 4.70. The molecule has 1 fully saturated rings. The van der Waals surface area contributed by atoms with Crippen LogP contribution < -0.4 is 0 Å². The summed E-state index contributed by atoms with van der Waals surface area (Å²) in [6.07, 6.45) is 3.87. The third-order valence-corrected chi connectivity index (χ3v) is 4.61. The van der Waals surface area contributed by atoms with Crippen LogP contribution in [0.4, 0.5) is 0 Å². The number of hydrogen-bond acceptors (Lipinski definition) is 3. The Kier molecular flexibility index (Phi) is 3.51. The smallest absolute Gasteiger partial charge is 0.195 e. The molecule has 1 aromatic rings. The summed E-state index contributed by atoms with van der Waals surface area (Å²) in [5.74, 6) is 2.21. The van der Waals surface area contributed by atoms with Crippen LogP contribution >= 0.6 is 24.0 Å². The van der Waals surface area contributed by atoms with E-state index in [1.807, 2.05) is 6.92 Å². The molecule has 0 aromatic carbocycles. The molecule has 2 rings (SSSR count). The topological polar surface area (TPSA) is 33.6 Å². The number of rotatable bonds is 3. The minimum Gasteiger partial charge on any atom is -0.300 e. The van der Waals surface area contributed by atoms with Gasteiger partial charge in [0.05, 0.1) is 0 Å². The van der Waals surface area contributed by atoms with Gasteiger partial charge in [-0.15, -0.1) is 0 Å². The quantitative estimate of drug-likeness (QED) is 0.828. The molecule has 0 bridgehead atoms. The molecule has 1 saturated carbocycles. The summed E-state index contributed by atoms with van der Waals surface area (Å²) >= 11 is 7.34. The SMILES string of the molecule is CCSC1CCCC1n1c(C)n[nH]c1=S. The van der Waals surface area contributed by atoms with Gasteiger partial charge >= 0.3 is 0 Å². The van der Waals surface area contributed by atoms with Gasteiger partial charge in [-0.05, 0) is 37.7 Å². The van der Waals surface area contributed by atoms with Gasteiger partial charge in [0.15, 0.2) is 4.77 Å². The Bertz CT molecular complexity index is 382. The summed E-state index contributed by atoms with van der Waals surface area (Å²) in [6, 6.07) is 0.557. The van der Waals surface area contributed by atoms with Gasteiger partial charge in [0.2, 0.25) is 0 Å². The largest absolute Gasteiger partial charge is 0.300 e. The normalized spacial score (nSPS) is 26.0. The fourth-order valence-electron chi connectivity index (χ4n) is 2.38. The molecule has 1 N–H and O–H groups in total. The van der Waals surface area contributed by atoms with Crippen LogP contribution in [0, 0.1) is 11.7 Å². The van der Waals surface area contributed by atoms with Crippen molar-refractivity contribution in [3.63, 3.8) is 0 Å². The molecule has 15 heavy (non-hydrogen) atoms. The molecule has 0 aliphatic heterocycles. The predicted octanol–water partition coefficient (Wildman–Crippen LogP) is 3.10. The first kappa shape index (κ1) is 11.2. The Morgan fingerprint density at radius 1 is 1.60 bits per heavy atom. The fraction of sp³-hybridized carbons (Fsp3) is 0.800. The molecule has 1 aliphatic rings. The Labute approximate surface area is 99.7 Å². The predicted molar refractivity (Wildman–Crippen MR) is 67.0 cm³/mol. The zero-order valence-corrected chi connectivity index (χ0v) is 10.8. The number of H-pyrrole nitrogens is 1. The molecule has 5 heteroatoms. The molecule has 0 spiro atoms. The second-order valence-corrected chi connectivity index (χ2v) is 5.84. The lowest BCUT2D eigenvalue weighted by molar-refractivity contribution is 0.509. The van der Waals surface area contributed by atoms with Gasteiger partial charge in [-0.25, -0.2) is 0 Å². The van der Waals surface area contributed by atoms with Crippen LogP contribution in [0.25, 0.3) is 0 Å². The number of thioether (sulfide) groups is 1. The fourth-order valence-corrected chi connectivity index (χ4v) is 3.94. The van der Waals surface area contributed by atoms with Crippen molar-refractivity contribution in [2.24, 2.45) is 0 Å². The highest BCUT2D eigenvalue weighted by Crippen LogP contribution is 2.38. The van der Waals surface area contributed by atoms with Gasteiger partial charge in [0.25, 0.3) is 0 Å². The maximum Gasteiger partial charge on any atom is 0.195 e. The van der Waals surface area contributed by atoms with Crippen molar-refractivity contribution in [3.05, 3.63) is 10.6 Å². The van der Waals surface area contributed by atoms with E-state index in [2.05, 4.69) is 33.5 Å². The van der Waals surface area contributed by atoms with Crippen LogP contribution in [0.1, 0.15) is 38.1 Å². The van der Waals surface area contributed by atoms with E-state index in [9.17, 15) is 0 Å². The van der Waals surface area contributed by atoms with Crippen LogP contribution in [-0.4, -0.2) is 25.8 Å². The van der Waals surface area contributed by atoms with Crippen molar-refractivity contribution in [2.45, 2.75) is 44.4 Å². The van der Waals surface area contributed by atoms with Crippen molar-refractivity contribution in [3.8, 4) is 0 Å². The van der Waals surface area contributed by atoms with Crippen molar-refractivity contribution in [2.75, 3.05) is 5.75 Å². The second-order valence-electron chi connectivity index (χ2n) is 3.94. The zero-order chi connectivity index (χ0) is 10.8. The van der Waals surface area contributed by atoms with Gasteiger partial charge < -0.3 is 4.57 Å². The average Bonchev–Trinajstić information content (AvgIpc) is 2.75. The molecule has 0 saturated heterocycles. The third-order valence-electron chi connectivity index (χ3n) is 3.01. The summed E-state index contributed by atoms with van der Waals surface area (Å²) in [6.45, 7) is 4.25. The first-order valence-corrected chi connectivity index (χ1v) is 6.95. The maximum absolute atomic E-state index is 5.28. The summed E-state index contributed by atoms with van der Waals surface area (Å²) in [7, 11) is 0. The molecular weight excluding hydrogens is 226 g/mol. The summed E-state index contributed by atoms with van der Waals surface area (Å²) in [5, 5.41) is 7.80. The molecule has 3 nitrogen and oxygen atoms in total. The highest BCUT2D eigenvalue weighted by atomic mass is 32.2. The Hall–Kier alpha value is -0.290. The molecule has 2 atom stereocenters. The van der Waals surface area contributed by atoms with Gasteiger partial charge in [0.1, 0.15) is 5.82 Å². The summed E-state index contributed by atoms with van der Waals surface area (Å²) in [5.41, 5.74) is 0. The van der Waals surface area contributed by atoms with Crippen LogP contribution in [0.15, 0.2) is 0 Å². The van der Waals surface area contributed by atoms with E-state index < -0.39 is 0 Å². The van der Waals surface area contributed by atoms with E-state index in [0.29, 0.717) is 6.04 Å². The number of aryl methyl sites for hydroxylation is 1. The van der Waals surface area contributed by atoms with Gasteiger partial charge in [-0.1, -0.05) is 13.3 Å². The first-order chi connectivity index (χ1) is 7.24. The van der Waals surface area contributed by atoms with E-state index in [1.54, 1.807) is 0 Å². The Balaban J connectivity index is 2.26. The lowest BCUT2D eigenvalue weighted by atomic mass is 10.2. The number of nitrogens with zero attached hydrogens (tertiary/aromatic N) is 2. The van der Waals surface area contributed by atoms with Crippen LogP contribution in [-0.2, 0) is 0 Å². The highest BCUT2D eigenvalue weighted by molar-refractivity contribution is 7.99. The molecule has 1 aromatic heterocycles. The standard InChI is InChI=1S/C10H17N3S2/c1-3-15-9-6-4-5-8(9)13-7(2)11-12-10(13)14/h8-9H,3-6H2,1-2H3,(H,12,14). The summed E-state index contributed by atoms with van der Waals surface area (Å²) < 4.78 is 2.98. The zero-order valence-electron chi connectivity index (χ0n) is 9.19. The molecule has 2 unspecified atom stereocenters. The molecule has 0 radical (unpaired) electrons. The van der Waals surface area contributed by atoms with Gasteiger partial charge in [-0.3, -0.25) is 5.10 Å². The monoisotopic (exact) mass is 243 g/mol. The number of aromatic nitrogens is 3. The highest BCUT2D eigenvalue weighted by Gasteiger charge is 2.30. The lowest BCUT2D eigenvalue weighted by Gasteiger charge is -2.20. The number of hydrogen-bond donors (Lipinski definition) is 1. The molecule has 1 aliphatic carbocycles. The van der Waals surface area contributed by atoms with E-state index in [-0.39, 0.29) is 0 Å². The van der Waals surface area contributed by atoms with Crippen molar-refractivity contribution >= 4 is 24.0 Å². The van der Waals surface area contributed by atoms with Gasteiger partial charge in [0, 0.05) is 11.3 Å². The van der Waals surface area contributed by atoms with E-state index >= 15 is 0 Å². The molecule has 0 amide bonds. The van der Waals surface area contributed by atoms with E-state index in [1.165, 1.54) is 25.0 Å². The number of nitrogens with one attached hydrogen (secondary N) is 1. The minimum atomic E-state index is 0.557. The van der Waals surface area contributed by atoms with Crippen molar-refractivity contribution in [1.29, 1.82) is 0 Å². The first-order valence-electron chi connectivity index (χ1n) is 5.49. The van der Waals surface area contributed by atoms with E-state index in [4.69, 9.17) is 12.2 Å².